The number of ketones is 1. The zero-order valence-electron chi connectivity index (χ0n) is 15.6. The highest BCUT2D eigenvalue weighted by Crippen LogP contribution is 2.50. The summed E-state index contributed by atoms with van der Waals surface area (Å²) < 4.78 is 12.0. The standard InChI is InChI=1S/C23H23NO4/c25-18-14-19(23(15-18)12-7-13-27-23)24-20(16-8-3-1-4-9-16)21(28-22(24)26)17-10-5-2-6-11-17/h1-6,8-11,19-21H,7,12-15H2/t19-,20-,21+,23-/m1/s1. The van der Waals surface area contributed by atoms with E-state index in [-0.39, 0.29) is 24.0 Å². The van der Waals surface area contributed by atoms with Crippen molar-refractivity contribution in [2.45, 2.75) is 49.5 Å². The maximum absolute atomic E-state index is 13.1. The molecule has 1 amide bonds. The Morgan fingerprint density at radius 3 is 2.25 bits per heavy atom. The van der Waals surface area contributed by atoms with Crippen LogP contribution in [-0.2, 0) is 14.3 Å². The van der Waals surface area contributed by atoms with Crippen LogP contribution in [0.15, 0.2) is 60.7 Å². The molecule has 5 heteroatoms. The molecule has 0 aromatic heterocycles. The lowest BCUT2D eigenvalue weighted by Gasteiger charge is -2.38. The summed E-state index contributed by atoms with van der Waals surface area (Å²) in [6, 6.07) is 19.2. The Morgan fingerprint density at radius 1 is 0.929 bits per heavy atom. The summed E-state index contributed by atoms with van der Waals surface area (Å²) in [6.07, 6.45) is 1.68. The number of benzene rings is 2. The van der Waals surface area contributed by atoms with Crippen LogP contribution in [0, 0.1) is 0 Å². The molecule has 1 saturated carbocycles. The van der Waals surface area contributed by atoms with E-state index < -0.39 is 11.7 Å². The topological polar surface area (TPSA) is 55.8 Å². The van der Waals surface area contributed by atoms with Crippen molar-refractivity contribution in [3.05, 3.63) is 71.8 Å². The van der Waals surface area contributed by atoms with E-state index in [1.165, 1.54) is 0 Å². The minimum Gasteiger partial charge on any atom is -0.439 e. The van der Waals surface area contributed by atoms with Gasteiger partial charge in [-0.3, -0.25) is 9.69 Å². The fourth-order valence-electron chi connectivity index (χ4n) is 5.09. The molecule has 4 atom stereocenters. The number of nitrogens with zero attached hydrogens (tertiary/aromatic N) is 1. The molecule has 2 aromatic rings. The summed E-state index contributed by atoms with van der Waals surface area (Å²) in [4.78, 5) is 27.3. The van der Waals surface area contributed by atoms with E-state index >= 15 is 0 Å². The van der Waals surface area contributed by atoms with Crippen molar-refractivity contribution in [2.24, 2.45) is 0 Å². The van der Waals surface area contributed by atoms with Crippen molar-refractivity contribution in [3.63, 3.8) is 0 Å². The molecule has 3 aliphatic rings. The van der Waals surface area contributed by atoms with Gasteiger partial charge in [0.1, 0.15) is 11.8 Å². The molecule has 28 heavy (non-hydrogen) atoms. The van der Waals surface area contributed by atoms with Crippen LogP contribution >= 0.6 is 0 Å². The van der Waals surface area contributed by atoms with Crippen LogP contribution in [0.3, 0.4) is 0 Å². The number of hydrogen-bond acceptors (Lipinski definition) is 4. The van der Waals surface area contributed by atoms with Gasteiger partial charge in [0.05, 0.1) is 11.6 Å². The molecule has 2 aromatic carbocycles. The lowest BCUT2D eigenvalue weighted by molar-refractivity contribution is -0.119. The highest BCUT2D eigenvalue weighted by atomic mass is 16.6. The average molecular weight is 377 g/mol. The monoisotopic (exact) mass is 377 g/mol. The van der Waals surface area contributed by atoms with Crippen molar-refractivity contribution in [2.75, 3.05) is 6.61 Å². The predicted molar refractivity (Wildman–Crippen MR) is 103 cm³/mol. The Kier molecular flexibility index (Phi) is 4.20. The fraction of sp³-hybridized carbons (Fsp3) is 0.391. The number of cyclic esters (lactones) is 1. The van der Waals surface area contributed by atoms with Crippen molar-refractivity contribution in [1.29, 1.82) is 0 Å². The van der Waals surface area contributed by atoms with E-state index in [1.54, 1.807) is 4.90 Å². The third-order valence-corrected chi connectivity index (χ3v) is 6.29. The maximum atomic E-state index is 13.1. The van der Waals surface area contributed by atoms with Crippen LogP contribution < -0.4 is 0 Å². The summed E-state index contributed by atoms with van der Waals surface area (Å²) in [5, 5.41) is 0. The van der Waals surface area contributed by atoms with Gasteiger partial charge in [0.15, 0.2) is 6.10 Å². The minimum atomic E-state index is -0.561. The Labute approximate surface area is 164 Å². The second kappa shape index (κ2) is 6.74. The van der Waals surface area contributed by atoms with E-state index in [2.05, 4.69) is 0 Å². The Bertz CT molecular complexity index is 876. The van der Waals surface area contributed by atoms with Gasteiger partial charge in [-0.25, -0.2) is 4.79 Å². The van der Waals surface area contributed by atoms with Gasteiger partial charge in [0.2, 0.25) is 0 Å². The highest BCUT2D eigenvalue weighted by molar-refractivity contribution is 5.85. The van der Waals surface area contributed by atoms with E-state index in [1.807, 2.05) is 60.7 Å². The molecule has 0 unspecified atom stereocenters. The number of Topliss-reactive ketones (excluding diaryl/α,β-unsaturated/α-hetero) is 1. The van der Waals surface area contributed by atoms with Crippen molar-refractivity contribution in [1.82, 2.24) is 4.90 Å². The first-order chi connectivity index (χ1) is 13.7. The van der Waals surface area contributed by atoms with Crippen LogP contribution in [0.5, 0.6) is 0 Å². The number of carbonyl (C=O) groups is 2. The highest BCUT2D eigenvalue weighted by Gasteiger charge is 2.58. The molecule has 0 N–H and O–H groups in total. The van der Waals surface area contributed by atoms with E-state index in [9.17, 15) is 9.59 Å². The van der Waals surface area contributed by atoms with Gasteiger partial charge in [-0.15, -0.1) is 0 Å². The summed E-state index contributed by atoms with van der Waals surface area (Å²) in [7, 11) is 0. The quantitative estimate of drug-likeness (QED) is 0.804. The summed E-state index contributed by atoms with van der Waals surface area (Å²) >= 11 is 0. The zero-order chi connectivity index (χ0) is 19.1. The minimum absolute atomic E-state index is 0.162. The molecule has 2 saturated heterocycles. The maximum Gasteiger partial charge on any atom is 0.411 e. The molecule has 0 bridgehead atoms. The van der Waals surface area contributed by atoms with Gasteiger partial charge < -0.3 is 9.47 Å². The first-order valence-corrected chi connectivity index (χ1v) is 9.92. The molecule has 1 aliphatic carbocycles. The van der Waals surface area contributed by atoms with Gasteiger partial charge >= 0.3 is 6.09 Å². The van der Waals surface area contributed by atoms with E-state index in [0.717, 1.165) is 24.0 Å². The normalized spacial score (nSPS) is 32.3. The molecule has 5 nitrogen and oxygen atoms in total. The van der Waals surface area contributed by atoms with Gasteiger partial charge in [-0.05, 0) is 24.0 Å². The summed E-state index contributed by atoms with van der Waals surface area (Å²) in [5.74, 6) is 0.162. The van der Waals surface area contributed by atoms with E-state index in [4.69, 9.17) is 9.47 Å². The molecule has 1 spiro atoms. The summed E-state index contributed by atoms with van der Waals surface area (Å²) in [5.41, 5.74) is 1.40. The number of hydrogen-bond donors (Lipinski definition) is 0. The van der Waals surface area contributed by atoms with Crippen molar-refractivity contribution >= 4 is 11.9 Å². The number of amides is 1. The largest absolute Gasteiger partial charge is 0.439 e. The van der Waals surface area contributed by atoms with Crippen molar-refractivity contribution in [3.8, 4) is 0 Å². The number of ether oxygens (including phenoxy) is 2. The molecular formula is C23H23NO4. The van der Waals surface area contributed by atoms with Crippen LogP contribution in [0.4, 0.5) is 4.79 Å². The van der Waals surface area contributed by atoms with Crippen LogP contribution in [0.1, 0.15) is 49.0 Å². The molecule has 5 rings (SSSR count). The molecule has 0 radical (unpaired) electrons. The Balaban J connectivity index is 1.59. The average Bonchev–Trinajstić information content (AvgIpc) is 3.41. The van der Waals surface area contributed by atoms with Gasteiger partial charge in [0, 0.05) is 19.4 Å². The van der Waals surface area contributed by atoms with Gasteiger partial charge in [-0.2, -0.15) is 0 Å². The lowest BCUT2D eigenvalue weighted by atomic mass is 9.89. The summed E-state index contributed by atoms with van der Waals surface area (Å²) in [6.45, 7) is 0.644. The molecule has 2 heterocycles. The van der Waals surface area contributed by atoms with Gasteiger partial charge in [0.25, 0.3) is 0 Å². The van der Waals surface area contributed by atoms with Crippen LogP contribution in [-0.4, -0.2) is 35.0 Å². The first kappa shape index (κ1) is 17.4. The van der Waals surface area contributed by atoms with Crippen LogP contribution in [0.2, 0.25) is 0 Å². The lowest BCUT2D eigenvalue weighted by Crippen LogP contribution is -2.50. The molecule has 144 valence electrons. The van der Waals surface area contributed by atoms with E-state index in [0.29, 0.717) is 19.4 Å². The Hall–Kier alpha value is -2.66. The molecular weight excluding hydrogens is 354 g/mol. The predicted octanol–water partition coefficient (Wildman–Crippen LogP) is 4.20. The van der Waals surface area contributed by atoms with Gasteiger partial charge in [-0.1, -0.05) is 60.7 Å². The fourth-order valence-corrected chi connectivity index (χ4v) is 5.09. The second-order valence-corrected chi connectivity index (χ2v) is 7.93. The second-order valence-electron chi connectivity index (χ2n) is 7.93. The number of carbonyl (C=O) groups excluding carboxylic acids is 2. The zero-order valence-corrected chi connectivity index (χ0v) is 15.6. The molecule has 2 aliphatic heterocycles. The SMILES string of the molecule is O=C1C[C@@H](N2C(=O)O[C@@H](c3ccccc3)[C@H]2c2ccccc2)[C@@]2(CCCO2)C1. The van der Waals surface area contributed by atoms with Crippen molar-refractivity contribution < 1.29 is 19.1 Å². The molecule has 3 fully saturated rings. The third kappa shape index (κ3) is 2.73. The number of rotatable bonds is 3. The third-order valence-electron chi connectivity index (χ3n) is 6.29. The Morgan fingerprint density at radius 2 is 1.61 bits per heavy atom. The van der Waals surface area contributed by atoms with Crippen LogP contribution in [0.25, 0.3) is 0 Å². The smallest absolute Gasteiger partial charge is 0.411 e. The first-order valence-electron chi connectivity index (χ1n) is 9.92.